The molecule has 1 unspecified atom stereocenters. The molecule has 17 heavy (non-hydrogen) atoms. The highest BCUT2D eigenvalue weighted by atomic mass is 16.5. The van der Waals surface area contributed by atoms with E-state index in [4.69, 9.17) is 10.5 Å². The molecule has 100 valence electrons. The molecule has 1 fully saturated rings. The Labute approximate surface area is 104 Å². The molecule has 4 heteroatoms. The number of ether oxygens (including phenoxy) is 1. The summed E-state index contributed by atoms with van der Waals surface area (Å²) in [6, 6.07) is 0. The average Bonchev–Trinajstić information content (AvgIpc) is 2.32. The van der Waals surface area contributed by atoms with Crippen LogP contribution in [0.3, 0.4) is 0 Å². The molecular formula is C13H26N2O2. The van der Waals surface area contributed by atoms with E-state index in [1.54, 1.807) is 0 Å². The van der Waals surface area contributed by atoms with Gasteiger partial charge in [-0.1, -0.05) is 13.8 Å². The number of rotatable bonds is 5. The second-order valence-electron chi connectivity index (χ2n) is 5.36. The van der Waals surface area contributed by atoms with Crippen LogP contribution >= 0.6 is 0 Å². The summed E-state index contributed by atoms with van der Waals surface area (Å²) >= 11 is 0. The van der Waals surface area contributed by atoms with Crippen molar-refractivity contribution in [2.24, 2.45) is 11.1 Å². The second-order valence-corrected chi connectivity index (χ2v) is 5.36. The highest BCUT2D eigenvalue weighted by Crippen LogP contribution is 2.27. The molecule has 1 heterocycles. The van der Waals surface area contributed by atoms with Gasteiger partial charge in [-0.15, -0.1) is 0 Å². The lowest BCUT2D eigenvalue weighted by Crippen LogP contribution is -2.57. The van der Waals surface area contributed by atoms with Crippen molar-refractivity contribution in [1.82, 2.24) is 5.32 Å². The number of nitrogens with two attached hydrogens (primary N) is 1. The standard InChI is InChI=1S/C13H26N2O2/c1-4-13(5-2,9-14)11(16)15-12(3)7-6-8-17-10-12/h4-10,14H2,1-3H3,(H,15,16). The van der Waals surface area contributed by atoms with E-state index in [0.29, 0.717) is 13.2 Å². The quantitative estimate of drug-likeness (QED) is 0.766. The van der Waals surface area contributed by atoms with Gasteiger partial charge < -0.3 is 15.8 Å². The molecule has 0 spiro atoms. The minimum atomic E-state index is -0.416. The molecule has 1 atom stereocenters. The van der Waals surface area contributed by atoms with Crippen molar-refractivity contribution in [3.8, 4) is 0 Å². The van der Waals surface area contributed by atoms with E-state index in [1.165, 1.54) is 0 Å². The van der Waals surface area contributed by atoms with Crippen LogP contribution in [0.2, 0.25) is 0 Å². The van der Waals surface area contributed by atoms with Crippen LogP contribution in [0.25, 0.3) is 0 Å². The normalized spacial score (nSPS) is 25.6. The molecule has 0 aromatic heterocycles. The van der Waals surface area contributed by atoms with Gasteiger partial charge in [0, 0.05) is 13.2 Å². The van der Waals surface area contributed by atoms with Crippen LogP contribution in [0, 0.1) is 5.41 Å². The van der Waals surface area contributed by atoms with Crippen molar-refractivity contribution in [2.45, 2.75) is 52.0 Å². The third-order valence-electron chi connectivity index (χ3n) is 4.08. The SMILES string of the molecule is CCC(CC)(CN)C(=O)NC1(C)CCCOC1. The minimum absolute atomic E-state index is 0.0815. The lowest BCUT2D eigenvalue weighted by atomic mass is 9.80. The zero-order chi connectivity index (χ0) is 12.9. The second kappa shape index (κ2) is 5.83. The Morgan fingerprint density at radius 2 is 2.12 bits per heavy atom. The maximum Gasteiger partial charge on any atom is 0.227 e. The van der Waals surface area contributed by atoms with Gasteiger partial charge >= 0.3 is 0 Å². The minimum Gasteiger partial charge on any atom is -0.379 e. The van der Waals surface area contributed by atoms with E-state index < -0.39 is 5.41 Å². The molecule has 1 saturated heterocycles. The largest absolute Gasteiger partial charge is 0.379 e. The first-order chi connectivity index (χ1) is 8.02. The van der Waals surface area contributed by atoms with Crippen LogP contribution in [-0.2, 0) is 9.53 Å². The zero-order valence-corrected chi connectivity index (χ0v) is 11.3. The summed E-state index contributed by atoms with van der Waals surface area (Å²) in [5.41, 5.74) is 5.15. The van der Waals surface area contributed by atoms with Gasteiger partial charge in [-0.25, -0.2) is 0 Å². The fourth-order valence-corrected chi connectivity index (χ4v) is 2.39. The van der Waals surface area contributed by atoms with E-state index in [-0.39, 0.29) is 11.4 Å². The molecule has 0 aliphatic carbocycles. The predicted molar refractivity (Wildman–Crippen MR) is 68.7 cm³/mol. The van der Waals surface area contributed by atoms with Crippen molar-refractivity contribution >= 4 is 5.91 Å². The zero-order valence-electron chi connectivity index (χ0n) is 11.3. The van der Waals surface area contributed by atoms with Gasteiger partial charge in [0.15, 0.2) is 0 Å². The Morgan fingerprint density at radius 3 is 2.53 bits per heavy atom. The number of hydrogen-bond acceptors (Lipinski definition) is 3. The summed E-state index contributed by atoms with van der Waals surface area (Å²) in [4.78, 5) is 12.4. The molecule has 0 aromatic rings. The van der Waals surface area contributed by atoms with E-state index in [1.807, 2.05) is 13.8 Å². The van der Waals surface area contributed by atoms with Crippen molar-refractivity contribution in [2.75, 3.05) is 19.8 Å². The first-order valence-corrected chi connectivity index (χ1v) is 6.62. The molecule has 1 aliphatic rings. The lowest BCUT2D eigenvalue weighted by molar-refractivity contribution is -0.134. The van der Waals surface area contributed by atoms with Gasteiger partial charge in [0.05, 0.1) is 17.6 Å². The fraction of sp³-hybridized carbons (Fsp3) is 0.923. The number of carbonyl (C=O) groups excluding carboxylic acids is 1. The van der Waals surface area contributed by atoms with E-state index >= 15 is 0 Å². The van der Waals surface area contributed by atoms with Crippen LogP contribution in [-0.4, -0.2) is 31.2 Å². The number of nitrogens with one attached hydrogen (secondary N) is 1. The molecule has 1 aliphatic heterocycles. The number of amides is 1. The molecule has 0 aromatic carbocycles. The van der Waals surface area contributed by atoms with Gasteiger partial charge in [-0.2, -0.15) is 0 Å². The summed E-state index contributed by atoms with van der Waals surface area (Å²) in [5.74, 6) is 0.0815. The Balaban J connectivity index is 2.69. The van der Waals surface area contributed by atoms with Crippen LogP contribution in [0.1, 0.15) is 46.5 Å². The van der Waals surface area contributed by atoms with Crippen molar-refractivity contribution in [3.05, 3.63) is 0 Å². The van der Waals surface area contributed by atoms with Gasteiger partial charge in [-0.3, -0.25) is 4.79 Å². The summed E-state index contributed by atoms with van der Waals surface area (Å²) in [6.07, 6.45) is 3.54. The molecule has 1 amide bonds. The van der Waals surface area contributed by atoms with Gasteiger partial charge in [0.2, 0.25) is 5.91 Å². The maximum atomic E-state index is 12.4. The fourth-order valence-electron chi connectivity index (χ4n) is 2.39. The van der Waals surface area contributed by atoms with Crippen LogP contribution in [0.15, 0.2) is 0 Å². The topological polar surface area (TPSA) is 64.4 Å². The lowest BCUT2D eigenvalue weighted by Gasteiger charge is -2.38. The first-order valence-electron chi connectivity index (χ1n) is 6.62. The van der Waals surface area contributed by atoms with Crippen LogP contribution in [0.4, 0.5) is 0 Å². The van der Waals surface area contributed by atoms with E-state index in [0.717, 1.165) is 32.3 Å². The molecule has 0 radical (unpaired) electrons. The predicted octanol–water partition coefficient (Wildman–Crippen LogP) is 1.44. The Bertz CT molecular complexity index is 248. The Morgan fingerprint density at radius 1 is 1.47 bits per heavy atom. The monoisotopic (exact) mass is 242 g/mol. The third-order valence-corrected chi connectivity index (χ3v) is 4.08. The smallest absolute Gasteiger partial charge is 0.227 e. The van der Waals surface area contributed by atoms with E-state index in [2.05, 4.69) is 12.2 Å². The van der Waals surface area contributed by atoms with Crippen molar-refractivity contribution in [3.63, 3.8) is 0 Å². The van der Waals surface area contributed by atoms with Gasteiger partial charge in [-0.05, 0) is 32.6 Å². The average molecular weight is 242 g/mol. The summed E-state index contributed by atoms with van der Waals surface area (Å²) in [7, 11) is 0. The summed E-state index contributed by atoms with van der Waals surface area (Å²) in [5, 5.41) is 3.15. The number of hydrogen-bond donors (Lipinski definition) is 2. The molecule has 0 bridgehead atoms. The van der Waals surface area contributed by atoms with Gasteiger partial charge in [0.1, 0.15) is 0 Å². The molecule has 1 rings (SSSR count). The molecule has 4 nitrogen and oxygen atoms in total. The van der Waals surface area contributed by atoms with E-state index in [9.17, 15) is 4.79 Å². The number of carbonyl (C=O) groups is 1. The van der Waals surface area contributed by atoms with Crippen molar-refractivity contribution < 1.29 is 9.53 Å². The maximum absolute atomic E-state index is 12.4. The van der Waals surface area contributed by atoms with Crippen LogP contribution < -0.4 is 11.1 Å². The molecule has 3 N–H and O–H groups in total. The summed E-state index contributed by atoms with van der Waals surface area (Å²) < 4.78 is 5.45. The molecule has 0 saturated carbocycles. The Kier molecular flexibility index (Phi) is 4.95. The first kappa shape index (κ1) is 14.5. The van der Waals surface area contributed by atoms with Crippen LogP contribution in [0.5, 0.6) is 0 Å². The Hall–Kier alpha value is -0.610. The highest BCUT2D eigenvalue weighted by Gasteiger charge is 2.38. The van der Waals surface area contributed by atoms with Crippen molar-refractivity contribution in [1.29, 1.82) is 0 Å². The molecular weight excluding hydrogens is 216 g/mol. The highest BCUT2D eigenvalue weighted by molar-refractivity contribution is 5.83. The third kappa shape index (κ3) is 3.19. The summed E-state index contributed by atoms with van der Waals surface area (Å²) in [6.45, 7) is 7.91. The van der Waals surface area contributed by atoms with Gasteiger partial charge in [0.25, 0.3) is 0 Å².